The Kier molecular flexibility index (Phi) is 3.21. The van der Waals surface area contributed by atoms with Crippen LogP contribution in [0.3, 0.4) is 0 Å². The van der Waals surface area contributed by atoms with Crippen molar-refractivity contribution >= 4 is 17.8 Å². The molecule has 1 saturated heterocycles. The second-order valence-corrected chi connectivity index (χ2v) is 4.55. The summed E-state index contributed by atoms with van der Waals surface area (Å²) in [6.45, 7) is 3.41. The predicted molar refractivity (Wildman–Crippen MR) is 57.6 cm³/mol. The molecule has 0 saturated carbocycles. The van der Waals surface area contributed by atoms with E-state index in [1.807, 2.05) is 0 Å². The molecule has 0 aromatic rings. The van der Waals surface area contributed by atoms with Gasteiger partial charge in [-0.3, -0.25) is 14.5 Å². The van der Waals surface area contributed by atoms with Gasteiger partial charge in [-0.05, 0) is 13.8 Å². The van der Waals surface area contributed by atoms with Gasteiger partial charge in [-0.2, -0.15) is 0 Å². The number of imide groups is 1. The Hall–Kier alpha value is -1.59. The van der Waals surface area contributed by atoms with Crippen LogP contribution < -0.4 is 5.32 Å². The predicted octanol–water partition coefficient (Wildman–Crippen LogP) is -0.205. The number of amides is 4. The summed E-state index contributed by atoms with van der Waals surface area (Å²) in [5.41, 5.74) is -0.863. The number of rotatable bonds is 3. The van der Waals surface area contributed by atoms with E-state index in [9.17, 15) is 14.4 Å². The lowest BCUT2D eigenvalue weighted by Gasteiger charge is -2.16. The zero-order valence-electron chi connectivity index (χ0n) is 10.0. The highest BCUT2D eigenvalue weighted by molar-refractivity contribution is 6.06. The number of hydrogen-bond donors (Lipinski definition) is 1. The molecule has 4 amide bonds. The van der Waals surface area contributed by atoms with Crippen LogP contribution in [0.2, 0.25) is 0 Å². The maximum absolute atomic E-state index is 11.7. The lowest BCUT2D eigenvalue weighted by Crippen LogP contribution is -2.40. The Morgan fingerprint density at radius 1 is 1.38 bits per heavy atom. The maximum Gasteiger partial charge on any atom is 0.325 e. The molecule has 0 atom stereocenters. The zero-order chi connectivity index (χ0) is 12.5. The quantitative estimate of drug-likeness (QED) is 0.678. The Morgan fingerprint density at radius 3 is 2.31 bits per heavy atom. The van der Waals surface area contributed by atoms with Gasteiger partial charge in [-0.25, -0.2) is 4.79 Å². The molecule has 0 spiro atoms. The Balaban J connectivity index is 2.59. The van der Waals surface area contributed by atoms with Crippen molar-refractivity contribution in [2.45, 2.75) is 25.8 Å². The smallest absolute Gasteiger partial charge is 0.325 e. The Labute approximate surface area is 94.6 Å². The van der Waals surface area contributed by atoms with Gasteiger partial charge in [0.1, 0.15) is 5.54 Å². The first-order valence-corrected chi connectivity index (χ1v) is 5.10. The summed E-state index contributed by atoms with van der Waals surface area (Å²) in [4.78, 5) is 37.0. The summed E-state index contributed by atoms with van der Waals surface area (Å²) in [7, 11) is 3.27. The molecule has 16 heavy (non-hydrogen) atoms. The van der Waals surface area contributed by atoms with E-state index < -0.39 is 11.6 Å². The third-order valence-electron chi connectivity index (χ3n) is 2.49. The average Bonchev–Trinajstić information content (AvgIpc) is 2.34. The minimum atomic E-state index is -0.863. The third-order valence-corrected chi connectivity index (χ3v) is 2.49. The van der Waals surface area contributed by atoms with Gasteiger partial charge in [-0.15, -0.1) is 0 Å². The van der Waals surface area contributed by atoms with E-state index in [1.54, 1.807) is 27.9 Å². The van der Waals surface area contributed by atoms with Gasteiger partial charge in [-0.1, -0.05) is 0 Å². The van der Waals surface area contributed by atoms with Gasteiger partial charge in [0.2, 0.25) is 5.91 Å². The van der Waals surface area contributed by atoms with Crippen LogP contribution in [0.25, 0.3) is 0 Å². The number of nitrogens with zero attached hydrogens (tertiary/aromatic N) is 2. The summed E-state index contributed by atoms with van der Waals surface area (Å²) in [5.74, 6) is -0.394. The van der Waals surface area contributed by atoms with Crippen LogP contribution in [0.4, 0.5) is 4.79 Å². The summed E-state index contributed by atoms with van der Waals surface area (Å²) >= 11 is 0. The molecule has 1 heterocycles. The van der Waals surface area contributed by atoms with E-state index in [4.69, 9.17) is 0 Å². The number of carbonyl (C=O) groups is 3. The molecule has 1 fully saturated rings. The summed E-state index contributed by atoms with van der Waals surface area (Å²) in [6.07, 6.45) is 0.155. The number of urea groups is 1. The van der Waals surface area contributed by atoms with Gasteiger partial charge >= 0.3 is 6.03 Å². The highest BCUT2D eigenvalue weighted by Gasteiger charge is 2.43. The Morgan fingerprint density at radius 2 is 1.94 bits per heavy atom. The number of carbonyl (C=O) groups excluding carboxylic acids is 3. The molecule has 6 heteroatoms. The molecule has 0 unspecified atom stereocenters. The molecular formula is C10H17N3O3. The SMILES string of the molecule is CN(C)C(=O)CCN1C(=O)NC(C)(C)C1=O. The first-order valence-electron chi connectivity index (χ1n) is 5.10. The molecule has 1 N–H and O–H groups in total. The minimum Gasteiger partial charge on any atom is -0.349 e. The molecule has 1 aliphatic heterocycles. The van der Waals surface area contributed by atoms with Crippen molar-refractivity contribution in [2.75, 3.05) is 20.6 Å². The lowest BCUT2D eigenvalue weighted by molar-refractivity contribution is -0.132. The van der Waals surface area contributed by atoms with E-state index in [-0.39, 0.29) is 24.8 Å². The van der Waals surface area contributed by atoms with E-state index in [1.165, 1.54) is 4.90 Å². The summed E-state index contributed by atoms with van der Waals surface area (Å²) < 4.78 is 0. The highest BCUT2D eigenvalue weighted by Crippen LogP contribution is 2.16. The van der Waals surface area contributed by atoms with Crippen LogP contribution in [0.15, 0.2) is 0 Å². The molecule has 1 rings (SSSR count). The van der Waals surface area contributed by atoms with Gasteiger partial charge in [0.15, 0.2) is 0 Å². The fourth-order valence-electron chi connectivity index (χ4n) is 1.45. The van der Waals surface area contributed by atoms with Crippen molar-refractivity contribution < 1.29 is 14.4 Å². The van der Waals surface area contributed by atoms with Crippen LogP contribution >= 0.6 is 0 Å². The zero-order valence-corrected chi connectivity index (χ0v) is 10.0. The van der Waals surface area contributed by atoms with Crippen molar-refractivity contribution in [2.24, 2.45) is 0 Å². The van der Waals surface area contributed by atoms with Crippen molar-refractivity contribution in [1.82, 2.24) is 15.1 Å². The summed E-state index contributed by atoms with van der Waals surface area (Å²) in [6, 6.07) is -0.429. The van der Waals surface area contributed by atoms with E-state index >= 15 is 0 Å². The van der Waals surface area contributed by atoms with Crippen molar-refractivity contribution in [1.29, 1.82) is 0 Å². The molecule has 90 valence electrons. The molecule has 0 bridgehead atoms. The fourth-order valence-corrected chi connectivity index (χ4v) is 1.45. The largest absolute Gasteiger partial charge is 0.349 e. The van der Waals surface area contributed by atoms with Crippen LogP contribution in [0.5, 0.6) is 0 Å². The first-order chi connectivity index (χ1) is 7.25. The highest BCUT2D eigenvalue weighted by atomic mass is 16.2. The molecule has 0 aliphatic carbocycles. The molecule has 6 nitrogen and oxygen atoms in total. The van der Waals surface area contributed by atoms with Gasteiger partial charge in [0, 0.05) is 27.1 Å². The van der Waals surface area contributed by atoms with Gasteiger partial charge < -0.3 is 10.2 Å². The Bertz CT molecular complexity index is 336. The maximum atomic E-state index is 11.7. The number of nitrogens with one attached hydrogen (secondary N) is 1. The van der Waals surface area contributed by atoms with Crippen molar-refractivity contribution in [3.8, 4) is 0 Å². The second kappa shape index (κ2) is 4.11. The molecule has 0 radical (unpaired) electrons. The first kappa shape index (κ1) is 12.5. The average molecular weight is 227 g/mol. The third kappa shape index (κ3) is 2.32. The van der Waals surface area contributed by atoms with Gasteiger partial charge in [0.25, 0.3) is 5.91 Å². The monoisotopic (exact) mass is 227 g/mol. The standard InChI is InChI=1S/C10H17N3O3/c1-10(2)8(15)13(9(16)11-10)6-5-7(14)12(3)4/h5-6H2,1-4H3,(H,11,16). The van der Waals surface area contributed by atoms with Gasteiger partial charge in [0.05, 0.1) is 0 Å². The molecule has 1 aliphatic rings. The van der Waals surface area contributed by atoms with Crippen molar-refractivity contribution in [3.63, 3.8) is 0 Å². The van der Waals surface area contributed by atoms with Crippen LogP contribution in [0.1, 0.15) is 20.3 Å². The van der Waals surface area contributed by atoms with Crippen LogP contribution in [0, 0.1) is 0 Å². The van der Waals surface area contributed by atoms with E-state index in [0.29, 0.717) is 0 Å². The summed E-state index contributed by atoms with van der Waals surface area (Å²) in [5, 5.41) is 2.56. The topological polar surface area (TPSA) is 69.7 Å². The second-order valence-electron chi connectivity index (χ2n) is 4.55. The van der Waals surface area contributed by atoms with Crippen LogP contribution in [-0.2, 0) is 9.59 Å². The lowest BCUT2D eigenvalue weighted by atomic mass is 10.1. The van der Waals surface area contributed by atoms with E-state index in [0.717, 1.165) is 4.90 Å². The normalized spacial score (nSPS) is 18.6. The number of hydrogen-bond acceptors (Lipinski definition) is 3. The van der Waals surface area contributed by atoms with Crippen molar-refractivity contribution in [3.05, 3.63) is 0 Å². The van der Waals surface area contributed by atoms with Crippen LogP contribution in [-0.4, -0.2) is 53.8 Å². The molecule has 0 aromatic heterocycles. The van der Waals surface area contributed by atoms with E-state index in [2.05, 4.69) is 5.32 Å². The minimum absolute atomic E-state index is 0.106. The fraction of sp³-hybridized carbons (Fsp3) is 0.700. The molecular weight excluding hydrogens is 210 g/mol. The molecule has 0 aromatic carbocycles.